The molecule has 160 valence electrons. The molecule has 3 rings (SSSR count). The predicted molar refractivity (Wildman–Crippen MR) is 117 cm³/mol. The van der Waals surface area contributed by atoms with Crippen LogP contribution in [0.5, 0.6) is 0 Å². The molecule has 2 aliphatic rings. The van der Waals surface area contributed by atoms with Gasteiger partial charge in [-0.25, -0.2) is 5.01 Å². The molecule has 0 atom stereocenters. The molecule has 3 N–H and O–H groups in total. The SMILES string of the molecule is C[NH+]1CCN(NC(=O)c2ccccc2SCC(=O)NC2CCCCCCC2)CC1. The van der Waals surface area contributed by atoms with Gasteiger partial charge in [-0.15, -0.1) is 11.8 Å². The van der Waals surface area contributed by atoms with E-state index >= 15 is 0 Å². The highest BCUT2D eigenvalue weighted by Gasteiger charge is 2.21. The van der Waals surface area contributed by atoms with Crippen molar-refractivity contribution in [1.29, 1.82) is 0 Å². The van der Waals surface area contributed by atoms with Crippen molar-refractivity contribution in [3.63, 3.8) is 0 Å². The van der Waals surface area contributed by atoms with Gasteiger partial charge in [0.05, 0.1) is 44.5 Å². The number of amides is 2. The van der Waals surface area contributed by atoms with Crippen LogP contribution in [-0.4, -0.2) is 61.8 Å². The van der Waals surface area contributed by atoms with Crippen LogP contribution in [0.4, 0.5) is 0 Å². The lowest BCUT2D eigenvalue weighted by molar-refractivity contribution is -0.884. The lowest BCUT2D eigenvalue weighted by atomic mass is 9.97. The summed E-state index contributed by atoms with van der Waals surface area (Å²) >= 11 is 1.45. The van der Waals surface area contributed by atoms with E-state index in [1.165, 1.54) is 48.8 Å². The first-order valence-corrected chi connectivity index (χ1v) is 12.0. The Labute approximate surface area is 178 Å². The highest BCUT2D eigenvalue weighted by atomic mass is 32.2. The van der Waals surface area contributed by atoms with Gasteiger partial charge < -0.3 is 10.2 Å². The second-order valence-corrected chi connectivity index (χ2v) is 9.30. The van der Waals surface area contributed by atoms with Crippen LogP contribution in [0.2, 0.25) is 0 Å². The summed E-state index contributed by atoms with van der Waals surface area (Å²) in [6.45, 7) is 3.77. The Balaban J connectivity index is 1.50. The number of carbonyl (C=O) groups is 2. The van der Waals surface area contributed by atoms with Crippen LogP contribution >= 0.6 is 11.8 Å². The van der Waals surface area contributed by atoms with Crippen LogP contribution in [0.15, 0.2) is 29.2 Å². The number of quaternary nitrogens is 1. The number of thioether (sulfide) groups is 1. The van der Waals surface area contributed by atoms with Crippen molar-refractivity contribution in [2.45, 2.75) is 55.9 Å². The molecular formula is C22H35N4O2S+. The minimum Gasteiger partial charge on any atom is -0.353 e. The number of hydrogen-bond donors (Lipinski definition) is 3. The summed E-state index contributed by atoms with van der Waals surface area (Å²) in [4.78, 5) is 27.6. The van der Waals surface area contributed by atoms with E-state index in [9.17, 15) is 9.59 Å². The number of hydrazine groups is 1. The molecule has 7 heteroatoms. The predicted octanol–water partition coefficient (Wildman–Crippen LogP) is 1.48. The third kappa shape index (κ3) is 7.32. The first-order chi connectivity index (χ1) is 14.1. The van der Waals surface area contributed by atoms with Crippen molar-refractivity contribution >= 4 is 23.6 Å². The number of rotatable bonds is 6. The van der Waals surface area contributed by atoms with E-state index in [0.29, 0.717) is 17.4 Å². The number of carbonyl (C=O) groups excluding carboxylic acids is 2. The third-order valence-electron chi connectivity index (χ3n) is 5.84. The molecule has 1 saturated heterocycles. The van der Waals surface area contributed by atoms with Gasteiger partial charge in [0, 0.05) is 10.9 Å². The maximum Gasteiger partial charge on any atom is 0.266 e. The molecule has 1 aliphatic carbocycles. The number of nitrogens with one attached hydrogen (secondary N) is 3. The summed E-state index contributed by atoms with van der Waals surface area (Å²) in [6.07, 6.45) is 8.45. The van der Waals surface area contributed by atoms with E-state index in [2.05, 4.69) is 17.8 Å². The van der Waals surface area contributed by atoms with Gasteiger partial charge in [-0.1, -0.05) is 44.2 Å². The Bertz CT molecular complexity index is 669. The monoisotopic (exact) mass is 419 g/mol. The van der Waals surface area contributed by atoms with E-state index in [1.807, 2.05) is 29.3 Å². The quantitative estimate of drug-likeness (QED) is 0.611. The third-order valence-corrected chi connectivity index (χ3v) is 6.91. The molecule has 2 fully saturated rings. The average molecular weight is 420 g/mol. The van der Waals surface area contributed by atoms with Crippen LogP contribution in [0, 0.1) is 0 Å². The zero-order valence-corrected chi connectivity index (χ0v) is 18.4. The molecule has 0 unspecified atom stereocenters. The molecule has 1 saturated carbocycles. The average Bonchev–Trinajstić information content (AvgIpc) is 2.70. The minimum atomic E-state index is -0.0897. The van der Waals surface area contributed by atoms with Gasteiger partial charge >= 0.3 is 0 Å². The summed E-state index contributed by atoms with van der Waals surface area (Å²) in [5.74, 6) is 0.324. The molecule has 0 spiro atoms. The lowest BCUT2D eigenvalue weighted by Gasteiger charge is -2.30. The van der Waals surface area contributed by atoms with E-state index in [0.717, 1.165) is 43.9 Å². The zero-order chi connectivity index (χ0) is 20.5. The normalized spacial score (nSPS) is 19.9. The number of likely N-dealkylation sites (N-methyl/N-ethyl adjacent to an activating group) is 1. The van der Waals surface area contributed by atoms with Gasteiger partial charge in [0.15, 0.2) is 0 Å². The van der Waals surface area contributed by atoms with Gasteiger partial charge in [-0.3, -0.25) is 15.0 Å². The molecule has 1 heterocycles. The smallest absolute Gasteiger partial charge is 0.266 e. The Kier molecular flexibility index (Phi) is 8.83. The fourth-order valence-corrected chi connectivity index (χ4v) is 4.86. The maximum absolute atomic E-state index is 12.8. The fraction of sp³-hybridized carbons (Fsp3) is 0.636. The minimum absolute atomic E-state index is 0.0674. The Hall–Kier alpha value is -1.57. The van der Waals surface area contributed by atoms with Crippen molar-refractivity contribution in [3.8, 4) is 0 Å². The van der Waals surface area contributed by atoms with Crippen molar-refractivity contribution in [2.75, 3.05) is 39.0 Å². The van der Waals surface area contributed by atoms with E-state index < -0.39 is 0 Å². The summed E-state index contributed by atoms with van der Waals surface area (Å²) in [5, 5.41) is 5.20. The topological polar surface area (TPSA) is 65.9 Å². The van der Waals surface area contributed by atoms with Gasteiger partial charge in [0.2, 0.25) is 5.91 Å². The van der Waals surface area contributed by atoms with Crippen molar-refractivity contribution < 1.29 is 14.5 Å². The molecule has 1 aromatic carbocycles. The van der Waals surface area contributed by atoms with Crippen LogP contribution < -0.4 is 15.6 Å². The van der Waals surface area contributed by atoms with Crippen LogP contribution in [0.25, 0.3) is 0 Å². The molecule has 29 heavy (non-hydrogen) atoms. The summed E-state index contributed by atoms with van der Waals surface area (Å²) in [6, 6.07) is 7.87. The fourth-order valence-electron chi connectivity index (χ4n) is 4.00. The molecule has 6 nitrogen and oxygen atoms in total. The molecule has 0 radical (unpaired) electrons. The highest BCUT2D eigenvalue weighted by molar-refractivity contribution is 8.00. The van der Waals surface area contributed by atoms with Crippen molar-refractivity contribution in [2.24, 2.45) is 0 Å². The maximum atomic E-state index is 12.8. The molecule has 1 aliphatic heterocycles. The second kappa shape index (κ2) is 11.6. The Morgan fingerprint density at radius 2 is 1.72 bits per heavy atom. The van der Waals surface area contributed by atoms with E-state index in [4.69, 9.17) is 0 Å². The largest absolute Gasteiger partial charge is 0.353 e. The molecule has 2 amide bonds. The van der Waals surface area contributed by atoms with Gasteiger partial charge in [-0.05, 0) is 25.0 Å². The zero-order valence-electron chi connectivity index (χ0n) is 17.5. The standard InChI is InChI=1S/C22H34N4O2S/c1-25-13-15-26(16-14-25)24-22(28)19-11-7-8-12-20(19)29-17-21(27)23-18-9-5-3-2-4-6-10-18/h7-8,11-12,18H,2-6,9-10,13-17H2,1H3,(H,23,27)(H,24,28)/p+1. The molecule has 0 aromatic heterocycles. The highest BCUT2D eigenvalue weighted by Crippen LogP contribution is 2.23. The Morgan fingerprint density at radius 1 is 1.07 bits per heavy atom. The van der Waals surface area contributed by atoms with E-state index in [-0.39, 0.29) is 11.8 Å². The van der Waals surface area contributed by atoms with Crippen molar-refractivity contribution in [1.82, 2.24) is 15.8 Å². The number of piperazine rings is 1. The van der Waals surface area contributed by atoms with E-state index in [1.54, 1.807) is 0 Å². The molecule has 1 aromatic rings. The number of nitrogens with zero attached hydrogens (tertiary/aromatic N) is 1. The van der Waals surface area contributed by atoms with Gasteiger partial charge in [0.25, 0.3) is 5.91 Å². The van der Waals surface area contributed by atoms with Crippen molar-refractivity contribution in [3.05, 3.63) is 29.8 Å². The summed E-state index contributed by atoms with van der Waals surface area (Å²) in [5.41, 5.74) is 3.67. The number of hydrogen-bond acceptors (Lipinski definition) is 4. The second-order valence-electron chi connectivity index (χ2n) is 8.28. The Morgan fingerprint density at radius 3 is 2.45 bits per heavy atom. The summed E-state index contributed by atoms with van der Waals surface area (Å²) < 4.78 is 0. The first-order valence-electron chi connectivity index (χ1n) is 11.0. The lowest BCUT2D eigenvalue weighted by Crippen LogP contribution is -3.12. The van der Waals surface area contributed by atoms with Gasteiger partial charge in [-0.2, -0.15) is 0 Å². The molecular weight excluding hydrogens is 384 g/mol. The van der Waals surface area contributed by atoms with Gasteiger partial charge in [0.1, 0.15) is 0 Å². The van der Waals surface area contributed by atoms with Crippen LogP contribution in [0.1, 0.15) is 55.3 Å². The molecule has 0 bridgehead atoms. The van der Waals surface area contributed by atoms with Crippen LogP contribution in [-0.2, 0) is 4.79 Å². The van der Waals surface area contributed by atoms with Crippen LogP contribution in [0.3, 0.4) is 0 Å². The first kappa shape index (κ1) is 22.1. The summed E-state index contributed by atoms with van der Waals surface area (Å²) in [7, 11) is 2.17. The number of benzene rings is 1.